The van der Waals surface area contributed by atoms with E-state index in [4.69, 9.17) is 0 Å². The fourth-order valence-corrected chi connectivity index (χ4v) is 3.73. The molecule has 1 unspecified atom stereocenters. The first kappa shape index (κ1) is 21.7. The Labute approximate surface area is 167 Å². The molecule has 0 aliphatic carbocycles. The van der Waals surface area contributed by atoms with Crippen molar-refractivity contribution in [1.29, 1.82) is 0 Å². The number of alkyl halides is 5. The highest BCUT2D eigenvalue weighted by Gasteiger charge is 2.58. The van der Waals surface area contributed by atoms with E-state index in [1.165, 1.54) is 12.1 Å². The SMILES string of the molecule is CCN1CCC(NC(c2ccccc2)c2ccc(C(F)(F)C(F)(F)F)cc2)CC1. The zero-order valence-corrected chi connectivity index (χ0v) is 16.2. The Kier molecular flexibility index (Phi) is 6.58. The minimum Gasteiger partial charge on any atom is -0.303 e. The molecule has 0 bridgehead atoms. The van der Waals surface area contributed by atoms with Crippen LogP contribution in [0.5, 0.6) is 0 Å². The van der Waals surface area contributed by atoms with Crippen LogP contribution in [0.15, 0.2) is 54.6 Å². The Morgan fingerprint density at radius 2 is 1.45 bits per heavy atom. The Morgan fingerprint density at radius 3 is 1.97 bits per heavy atom. The maximum atomic E-state index is 13.6. The largest absolute Gasteiger partial charge is 0.458 e. The van der Waals surface area contributed by atoms with Crippen molar-refractivity contribution in [3.63, 3.8) is 0 Å². The van der Waals surface area contributed by atoms with Crippen LogP contribution in [0.25, 0.3) is 0 Å². The van der Waals surface area contributed by atoms with E-state index in [2.05, 4.69) is 17.1 Å². The van der Waals surface area contributed by atoms with Gasteiger partial charge in [0.15, 0.2) is 0 Å². The van der Waals surface area contributed by atoms with Gasteiger partial charge in [-0.15, -0.1) is 0 Å². The second-order valence-corrected chi connectivity index (χ2v) is 7.41. The van der Waals surface area contributed by atoms with Crippen LogP contribution in [0.2, 0.25) is 0 Å². The smallest absolute Gasteiger partial charge is 0.303 e. The van der Waals surface area contributed by atoms with Gasteiger partial charge in [0.05, 0.1) is 6.04 Å². The number of benzene rings is 2. The van der Waals surface area contributed by atoms with Crippen LogP contribution in [-0.4, -0.2) is 36.8 Å². The van der Waals surface area contributed by atoms with Crippen LogP contribution in [0.4, 0.5) is 22.0 Å². The second kappa shape index (κ2) is 8.79. The Bertz CT molecular complexity index is 766. The fourth-order valence-electron chi connectivity index (χ4n) is 3.73. The van der Waals surface area contributed by atoms with E-state index < -0.39 is 17.7 Å². The quantitative estimate of drug-likeness (QED) is 0.630. The average molecular weight is 412 g/mol. The van der Waals surface area contributed by atoms with E-state index >= 15 is 0 Å². The molecule has 2 nitrogen and oxygen atoms in total. The number of hydrogen-bond donors (Lipinski definition) is 1. The molecule has 0 spiro atoms. The summed E-state index contributed by atoms with van der Waals surface area (Å²) in [5.74, 6) is -4.87. The molecule has 7 heteroatoms. The zero-order valence-electron chi connectivity index (χ0n) is 16.2. The summed E-state index contributed by atoms with van der Waals surface area (Å²) in [6, 6.07) is 14.0. The van der Waals surface area contributed by atoms with E-state index in [1.54, 1.807) is 0 Å². The van der Waals surface area contributed by atoms with Gasteiger partial charge in [-0.05, 0) is 43.6 Å². The lowest BCUT2D eigenvalue weighted by atomic mass is 9.94. The third-order valence-electron chi connectivity index (χ3n) is 5.53. The lowest BCUT2D eigenvalue weighted by Gasteiger charge is -2.34. The van der Waals surface area contributed by atoms with Crippen molar-refractivity contribution in [3.8, 4) is 0 Å². The van der Waals surface area contributed by atoms with Gasteiger partial charge in [-0.3, -0.25) is 0 Å². The molecule has 1 atom stereocenters. The van der Waals surface area contributed by atoms with Gasteiger partial charge in [0.2, 0.25) is 0 Å². The number of rotatable bonds is 6. The van der Waals surface area contributed by atoms with Crippen LogP contribution in [0.1, 0.15) is 42.5 Å². The second-order valence-electron chi connectivity index (χ2n) is 7.41. The lowest BCUT2D eigenvalue weighted by molar-refractivity contribution is -0.289. The molecule has 1 aliphatic rings. The van der Waals surface area contributed by atoms with Crippen LogP contribution < -0.4 is 5.32 Å². The average Bonchev–Trinajstić information content (AvgIpc) is 2.72. The van der Waals surface area contributed by atoms with E-state index in [-0.39, 0.29) is 12.1 Å². The Hall–Kier alpha value is -1.99. The van der Waals surface area contributed by atoms with Crippen molar-refractivity contribution in [2.75, 3.05) is 19.6 Å². The van der Waals surface area contributed by atoms with Crippen molar-refractivity contribution >= 4 is 0 Å². The van der Waals surface area contributed by atoms with Gasteiger partial charge in [-0.1, -0.05) is 61.5 Å². The van der Waals surface area contributed by atoms with E-state index in [0.29, 0.717) is 5.56 Å². The normalized spacial score (nSPS) is 18.0. The molecule has 158 valence electrons. The standard InChI is InChI=1S/C22H25F5N2/c1-2-29-14-12-19(13-15-29)28-20(16-6-4-3-5-7-16)17-8-10-18(11-9-17)21(23,24)22(25,26)27/h3-11,19-20,28H,2,12-15H2,1H3. The predicted octanol–water partition coefficient (Wildman–Crippen LogP) is 5.50. The predicted molar refractivity (Wildman–Crippen MR) is 103 cm³/mol. The molecule has 0 saturated carbocycles. The molecule has 2 aromatic rings. The zero-order chi connectivity index (χ0) is 21.1. The van der Waals surface area contributed by atoms with E-state index in [9.17, 15) is 22.0 Å². The summed E-state index contributed by atoms with van der Waals surface area (Å²) in [6.07, 6.45) is -3.69. The minimum atomic E-state index is -5.61. The molecule has 1 N–H and O–H groups in total. The Balaban J connectivity index is 1.83. The minimum absolute atomic E-state index is 0.249. The number of hydrogen-bond acceptors (Lipinski definition) is 2. The monoisotopic (exact) mass is 412 g/mol. The number of nitrogens with zero attached hydrogens (tertiary/aromatic N) is 1. The van der Waals surface area contributed by atoms with Crippen molar-refractivity contribution in [2.24, 2.45) is 0 Å². The van der Waals surface area contributed by atoms with Gasteiger partial charge in [-0.25, -0.2) is 0 Å². The van der Waals surface area contributed by atoms with Crippen LogP contribution in [0, 0.1) is 0 Å². The van der Waals surface area contributed by atoms with Gasteiger partial charge in [0.1, 0.15) is 0 Å². The molecule has 1 aliphatic heterocycles. The highest BCUT2D eigenvalue weighted by atomic mass is 19.4. The molecular formula is C22H25F5N2. The molecular weight excluding hydrogens is 387 g/mol. The molecule has 0 radical (unpaired) electrons. The molecule has 1 fully saturated rings. The van der Waals surface area contributed by atoms with Crippen molar-refractivity contribution in [1.82, 2.24) is 10.2 Å². The molecule has 0 amide bonds. The summed E-state index contributed by atoms with van der Waals surface area (Å²) in [5, 5.41) is 3.59. The van der Waals surface area contributed by atoms with Gasteiger partial charge in [0.25, 0.3) is 0 Å². The van der Waals surface area contributed by atoms with E-state index in [1.807, 2.05) is 30.3 Å². The summed E-state index contributed by atoms with van der Waals surface area (Å²) in [6.45, 7) is 5.08. The number of likely N-dealkylation sites (tertiary alicyclic amines) is 1. The van der Waals surface area contributed by atoms with Gasteiger partial charge in [0, 0.05) is 11.6 Å². The number of nitrogens with one attached hydrogen (secondary N) is 1. The topological polar surface area (TPSA) is 15.3 Å². The molecule has 2 aromatic carbocycles. The van der Waals surface area contributed by atoms with Crippen molar-refractivity contribution in [2.45, 2.75) is 43.9 Å². The molecule has 1 heterocycles. The highest BCUT2D eigenvalue weighted by Crippen LogP contribution is 2.44. The first-order valence-electron chi connectivity index (χ1n) is 9.80. The van der Waals surface area contributed by atoms with Gasteiger partial charge >= 0.3 is 12.1 Å². The van der Waals surface area contributed by atoms with Gasteiger partial charge in [-0.2, -0.15) is 22.0 Å². The third-order valence-corrected chi connectivity index (χ3v) is 5.53. The van der Waals surface area contributed by atoms with Crippen molar-refractivity contribution in [3.05, 3.63) is 71.3 Å². The number of halogens is 5. The van der Waals surface area contributed by atoms with E-state index in [0.717, 1.165) is 50.2 Å². The highest BCUT2D eigenvalue weighted by molar-refractivity contribution is 5.35. The van der Waals surface area contributed by atoms with Crippen LogP contribution in [0.3, 0.4) is 0 Å². The van der Waals surface area contributed by atoms with Crippen molar-refractivity contribution < 1.29 is 22.0 Å². The molecule has 1 saturated heterocycles. The third kappa shape index (κ3) is 4.95. The molecule has 29 heavy (non-hydrogen) atoms. The first-order chi connectivity index (χ1) is 13.7. The maximum absolute atomic E-state index is 13.6. The summed E-state index contributed by atoms with van der Waals surface area (Å²) in [4.78, 5) is 2.36. The molecule has 0 aromatic heterocycles. The summed E-state index contributed by atoms with van der Waals surface area (Å²) >= 11 is 0. The van der Waals surface area contributed by atoms with Gasteiger partial charge < -0.3 is 10.2 Å². The Morgan fingerprint density at radius 1 is 0.897 bits per heavy atom. The summed E-state index contributed by atoms with van der Waals surface area (Å²) in [7, 11) is 0. The summed E-state index contributed by atoms with van der Waals surface area (Å²) < 4.78 is 65.2. The first-order valence-corrected chi connectivity index (χ1v) is 9.80. The van der Waals surface area contributed by atoms with Crippen LogP contribution >= 0.6 is 0 Å². The summed E-state index contributed by atoms with van der Waals surface area (Å²) in [5.41, 5.74) is 0.563. The fraction of sp³-hybridized carbons (Fsp3) is 0.455. The lowest BCUT2D eigenvalue weighted by Crippen LogP contribution is -2.43. The number of piperidine rings is 1. The maximum Gasteiger partial charge on any atom is 0.458 e. The molecule has 3 rings (SSSR count). The van der Waals surface area contributed by atoms with Crippen LogP contribution in [-0.2, 0) is 5.92 Å².